The molecule has 1 aromatic heterocycles. The van der Waals surface area contributed by atoms with Crippen LogP contribution in [0.2, 0.25) is 0 Å². The summed E-state index contributed by atoms with van der Waals surface area (Å²) < 4.78 is 1.76. The molecule has 104 valence electrons. The highest BCUT2D eigenvalue weighted by Crippen LogP contribution is 2.24. The third-order valence-electron chi connectivity index (χ3n) is 3.56. The van der Waals surface area contributed by atoms with Gasteiger partial charge in [-0.3, -0.25) is 4.68 Å². The van der Waals surface area contributed by atoms with E-state index in [-0.39, 0.29) is 0 Å². The van der Waals surface area contributed by atoms with Crippen LogP contribution in [-0.4, -0.2) is 15.7 Å². The number of benzene rings is 1. The first-order valence-corrected chi connectivity index (χ1v) is 6.87. The molecule has 0 amide bonds. The van der Waals surface area contributed by atoms with Gasteiger partial charge in [-0.1, -0.05) is 6.07 Å². The molecular formula is C15H19N5. The molecular weight excluding hydrogens is 250 g/mol. The van der Waals surface area contributed by atoms with Crippen molar-refractivity contribution in [1.29, 1.82) is 0 Å². The Morgan fingerprint density at radius 2 is 2.25 bits per heavy atom. The van der Waals surface area contributed by atoms with Gasteiger partial charge in [-0.15, -0.1) is 0 Å². The van der Waals surface area contributed by atoms with Crippen LogP contribution in [-0.2, 0) is 26.4 Å². The van der Waals surface area contributed by atoms with Gasteiger partial charge in [0.05, 0.1) is 12.7 Å². The van der Waals surface area contributed by atoms with E-state index < -0.39 is 0 Å². The molecule has 2 aromatic rings. The molecule has 1 aliphatic rings. The van der Waals surface area contributed by atoms with Crippen LogP contribution in [0.1, 0.15) is 23.1 Å². The number of aryl methyl sites for hydroxylation is 3. The highest BCUT2D eigenvalue weighted by atomic mass is 15.2. The SMILES string of the molecule is Cn1cc(CN=C(N)Nc2ccc3c(c2)CCC3)cn1. The van der Waals surface area contributed by atoms with Crippen molar-refractivity contribution < 1.29 is 0 Å². The van der Waals surface area contributed by atoms with Crippen LogP contribution in [0.3, 0.4) is 0 Å². The van der Waals surface area contributed by atoms with Crippen molar-refractivity contribution in [3.63, 3.8) is 0 Å². The van der Waals surface area contributed by atoms with Crippen molar-refractivity contribution in [1.82, 2.24) is 9.78 Å². The highest BCUT2D eigenvalue weighted by Gasteiger charge is 2.10. The van der Waals surface area contributed by atoms with E-state index in [9.17, 15) is 0 Å². The van der Waals surface area contributed by atoms with Crippen LogP contribution in [0.4, 0.5) is 5.69 Å². The van der Waals surface area contributed by atoms with E-state index >= 15 is 0 Å². The molecule has 0 saturated carbocycles. The molecule has 1 aromatic carbocycles. The van der Waals surface area contributed by atoms with Crippen LogP contribution in [0.5, 0.6) is 0 Å². The first kappa shape index (κ1) is 12.7. The quantitative estimate of drug-likeness (QED) is 0.660. The number of anilines is 1. The largest absolute Gasteiger partial charge is 0.370 e. The van der Waals surface area contributed by atoms with E-state index in [1.54, 1.807) is 10.9 Å². The molecule has 20 heavy (non-hydrogen) atoms. The number of nitrogens with two attached hydrogens (primary N) is 1. The Bertz CT molecular complexity index is 641. The van der Waals surface area contributed by atoms with Gasteiger partial charge in [0, 0.05) is 24.5 Å². The minimum atomic E-state index is 0.437. The van der Waals surface area contributed by atoms with E-state index in [0.29, 0.717) is 12.5 Å². The lowest BCUT2D eigenvalue weighted by atomic mass is 10.1. The highest BCUT2D eigenvalue weighted by molar-refractivity contribution is 5.92. The zero-order valence-electron chi connectivity index (χ0n) is 11.6. The number of aliphatic imine (C=N–C) groups is 1. The molecule has 5 nitrogen and oxygen atoms in total. The lowest BCUT2D eigenvalue weighted by Crippen LogP contribution is -2.22. The molecule has 3 rings (SSSR count). The van der Waals surface area contributed by atoms with Crippen molar-refractivity contribution in [3.05, 3.63) is 47.3 Å². The first-order chi connectivity index (χ1) is 9.70. The van der Waals surface area contributed by atoms with Gasteiger partial charge in [-0.2, -0.15) is 5.10 Å². The van der Waals surface area contributed by atoms with Gasteiger partial charge < -0.3 is 11.1 Å². The Morgan fingerprint density at radius 1 is 1.40 bits per heavy atom. The topological polar surface area (TPSA) is 68.2 Å². The van der Waals surface area contributed by atoms with Crippen LogP contribution < -0.4 is 11.1 Å². The van der Waals surface area contributed by atoms with Gasteiger partial charge >= 0.3 is 0 Å². The zero-order chi connectivity index (χ0) is 13.9. The molecule has 0 radical (unpaired) electrons. The third-order valence-corrected chi connectivity index (χ3v) is 3.56. The second-order valence-corrected chi connectivity index (χ2v) is 5.19. The fraction of sp³-hybridized carbons (Fsp3) is 0.333. The molecule has 1 aliphatic carbocycles. The number of nitrogens with one attached hydrogen (secondary N) is 1. The molecule has 0 atom stereocenters. The number of hydrogen-bond donors (Lipinski definition) is 2. The lowest BCUT2D eigenvalue weighted by molar-refractivity contribution is 0.767. The van der Waals surface area contributed by atoms with Gasteiger partial charge in [-0.25, -0.2) is 4.99 Å². The lowest BCUT2D eigenvalue weighted by Gasteiger charge is -2.07. The number of guanidine groups is 1. The van der Waals surface area contributed by atoms with Crippen molar-refractivity contribution in [2.75, 3.05) is 5.32 Å². The Balaban J connectivity index is 1.64. The summed E-state index contributed by atoms with van der Waals surface area (Å²) in [5.74, 6) is 0.437. The molecule has 1 heterocycles. The average molecular weight is 269 g/mol. The maximum absolute atomic E-state index is 5.92. The normalized spacial score (nSPS) is 14.3. The molecule has 0 fully saturated rings. The van der Waals surface area contributed by atoms with Crippen LogP contribution in [0, 0.1) is 0 Å². The summed E-state index contributed by atoms with van der Waals surface area (Å²) in [6, 6.07) is 6.42. The van der Waals surface area contributed by atoms with Gasteiger partial charge in [0.2, 0.25) is 0 Å². The van der Waals surface area contributed by atoms with E-state index in [0.717, 1.165) is 17.7 Å². The minimum absolute atomic E-state index is 0.437. The Hall–Kier alpha value is -2.30. The van der Waals surface area contributed by atoms with E-state index in [2.05, 4.69) is 33.6 Å². The standard InChI is InChI=1S/C15H19N5/c1-20-10-11(9-18-20)8-17-15(16)19-14-6-5-12-3-2-4-13(12)7-14/h5-7,9-10H,2-4,8H2,1H3,(H3,16,17,19). The predicted molar refractivity (Wildman–Crippen MR) is 80.6 cm³/mol. The smallest absolute Gasteiger partial charge is 0.193 e. The van der Waals surface area contributed by atoms with Gasteiger partial charge in [0.15, 0.2) is 5.96 Å². The van der Waals surface area contributed by atoms with Crippen molar-refractivity contribution in [2.24, 2.45) is 17.8 Å². The number of aromatic nitrogens is 2. The van der Waals surface area contributed by atoms with Crippen molar-refractivity contribution in [3.8, 4) is 0 Å². The molecule has 3 N–H and O–H groups in total. The molecule has 0 saturated heterocycles. The van der Waals surface area contributed by atoms with Crippen LogP contribution in [0.15, 0.2) is 35.6 Å². The van der Waals surface area contributed by atoms with Gasteiger partial charge in [0.1, 0.15) is 0 Å². The summed E-state index contributed by atoms with van der Waals surface area (Å²) in [4.78, 5) is 4.33. The molecule has 0 spiro atoms. The maximum atomic E-state index is 5.92. The van der Waals surface area contributed by atoms with Gasteiger partial charge in [0.25, 0.3) is 0 Å². The second-order valence-electron chi connectivity index (χ2n) is 5.19. The van der Waals surface area contributed by atoms with Crippen molar-refractivity contribution >= 4 is 11.6 Å². The summed E-state index contributed by atoms with van der Waals surface area (Å²) in [5.41, 5.74) is 10.9. The fourth-order valence-electron chi connectivity index (χ4n) is 2.57. The maximum Gasteiger partial charge on any atom is 0.193 e. The second kappa shape index (κ2) is 5.36. The number of hydrogen-bond acceptors (Lipinski definition) is 2. The first-order valence-electron chi connectivity index (χ1n) is 6.87. The van der Waals surface area contributed by atoms with Crippen LogP contribution in [0.25, 0.3) is 0 Å². The Kier molecular flexibility index (Phi) is 3.41. The van der Waals surface area contributed by atoms with E-state index in [1.807, 2.05) is 13.2 Å². The minimum Gasteiger partial charge on any atom is -0.370 e. The monoisotopic (exact) mass is 269 g/mol. The fourth-order valence-corrected chi connectivity index (χ4v) is 2.57. The average Bonchev–Trinajstić information content (AvgIpc) is 3.04. The summed E-state index contributed by atoms with van der Waals surface area (Å²) >= 11 is 0. The summed E-state index contributed by atoms with van der Waals surface area (Å²) in [7, 11) is 1.89. The molecule has 0 bridgehead atoms. The van der Waals surface area contributed by atoms with E-state index in [4.69, 9.17) is 5.73 Å². The summed E-state index contributed by atoms with van der Waals surface area (Å²) in [6.45, 7) is 0.539. The van der Waals surface area contributed by atoms with Crippen LogP contribution >= 0.6 is 0 Å². The summed E-state index contributed by atoms with van der Waals surface area (Å²) in [5, 5.41) is 7.25. The van der Waals surface area contributed by atoms with Gasteiger partial charge in [-0.05, 0) is 42.5 Å². The number of rotatable bonds is 3. The Labute approximate surface area is 118 Å². The molecule has 0 unspecified atom stereocenters. The molecule has 5 heteroatoms. The Morgan fingerprint density at radius 3 is 3.05 bits per heavy atom. The van der Waals surface area contributed by atoms with Crippen molar-refractivity contribution in [2.45, 2.75) is 25.8 Å². The number of nitrogens with zero attached hydrogens (tertiary/aromatic N) is 3. The zero-order valence-corrected chi connectivity index (χ0v) is 11.6. The predicted octanol–water partition coefficient (Wildman–Crippen LogP) is 1.84. The molecule has 0 aliphatic heterocycles. The van der Waals surface area contributed by atoms with E-state index in [1.165, 1.54) is 24.0 Å². The third kappa shape index (κ3) is 2.82. The number of fused-ring (bicyclic) bond motifs is 1. The summed E-state index contributed by atoms with van der Waals surface area (Å²) in [6.07, 6.45) is 7.35.